The van der Waals surface area contributed by atoms with E-state index in [-0.39, 0.29) is 11.9 Å². The number of morpholine rings is 1. The number of nitrogens with zero attached hydrogens (tertiary/aromatic N) is 4. The number of rotatable bonds is 4. The van der Waals surface area contributed by atoms with Crippen molar-refractivity contribution in [1.29, 1.82) is 0 Å². The lowest BCUT2D eigenvalue weighted by atomic mass is 10.1. The van der Waals surface area contributed by atoms with E-state index in [0.29, 0.717) is 32.1 Å². The van der Waals surface area contributed by atoms with Gasteiger partial charge in [0.25, 0.3) is 5.91 Å². The van der Waals surface area contributed by atoms with Gasteiger partial charge in [-0.3, -0.25) is 4.79 Å². The summed E-state index contributed by atoms with van der Waals surface area (Å²) >= 11 is 1.70. The zero-order valence-electron chi connectivity index (χ0n) is 18.2. The molecule has 2 aliphatic heterocycles. The van der Waals surface area contributed by atoms with Crippen molar-refractivity contribution in [3.05, 3.63) is 66.5 Å². The number of aromatic nitrogens is 3. The first-order valence-corrected chi connectivity index (χ1v) is 12.2. The second kappa shape index (κ2) is 8.20. The molecule has 4 aromatic rings. The van der Waals surface area contributed by atoms with Gasteiger partial charge in [-0.1, -0.05) is 12.1 Å². The first-order valence-electron chi connectivity index (χ1n) is 10.9. The van der Waals surface area contributed by atoms with Gasteiger partial charge in [-0.25, -0.2) is 9.97 Å². The van der Waals surface area contributed by atoms with Gasteiger partial charge in [0.1, 0.15) is 11.7 Å². The number of anilines is 2. The van der Waals surface area contributed by atoms with Gasteiger partial charge in [-0.2, -0.15) is 0 Å². The minimum atomic E-state index is -0.369. The molecule has 166 valence electrons. The third kappa shape index (κ3) is 3.55. The molecule has 1 amide bonds. The second-order valence-electron chi connectivity index (χ2n) is 8.24. The van der Waals surface area contributed by atoms with E-state index in [1.54, 1.807) is 22.9 Å². The molecule has 7 nitrogen and oxygen atoms in total. The van der Waals surface area contributed by atoms with Gasteiger partial charge in [-0.15, -0.1) is 11.8 Å². The third-order valence-electron chi connectivity index (χ3n) is 6.30. The average molecular weight is 458 g/mol. The summed E-state index contributed by atoms with van der Waals surface area (Å²) < 4.78 is 5.67. The summed E-state index contributed by atoms with van der Waals surface area (Å²) in [5, 5.41) is 1.11. The Labute approximate surface area is 195 Å². The van der Waals surface area contributed by atoms with Crippen molar-refractivity contribution < 1.29 is 9.53 Å². The summed E-state index contributed by atoms with van der Waals surface area (Å²) in [6.07, 6.45) is 5.77. The summed E-state index contributed by atoms with van der Waals surface area (Å²) in [5.41, 5.74) is 3.85. The van der Waals surface area contributed by atoms with Gasteiger partial charge < -0.3 is 19.5 Å². The Balaban J connectivity index is 1.41. The number of hydrogen-bond acceptors (Lipinski definition) is 6. The number of ether oxygens (including phenoxy) is 1. The number of carbonyl (C=O) groups is 1. The van der Waals surface area contributed by atoms with Crippen LogP contribution < -0.4 is 9.80 Å². The van der Waals surface area contributed by atoms with Crippen molar-refractivity contribution in [2.24, 2.45) is 0 Å². The predicted molar refractivity (Wildman–Crippen MR) is 131 cm³/mol. The highest BCUT2D eigenvalue weighted by Crippen LogP contribution is 2.37. The van der Waals surface area contributed by atoms with Crippen LogP contribution in [-0.4, -0.2) is 52.9 Å². The van der Waals surface area contributed by atoms with E-state index in [0.717, 1.165) is 33.5 Å². The number of H-pyrrole nitrogens is 1. The molecule has 33 heavy (non-hydrogen) atoms. The van der Waals surface area contributed by atoms with Gasteiger partial charge in [0, 0.05) is 34.1 Å². The largest absolute Gasteiger partial charge is 0.377 e. The smallest absolute Gasteiger partial charge is 0.252 e. The van der Waals surface area contributed by atoms with E-state index in [4.69, 9.17) is 9.72 Å². The van der Waals surface area contributed by atoms with Gasteiger partial charge in [-0.05, 0) is 48.2 Å². The molecule has 1 N–H and O–H groups in total. The molecule has 0 aliphatic carbocycles. The first kappa shape index (κ1) is 20.3. The van der Waals surface area contributed by atoms with Crippen LogP contribution in [0, 0.1) is 0 Å². The molecule has 0 bridgehead atoms. The maximum Gasteiger partial charge on any atom is 0.252 e. The number of carbonyl (C=O) groups excluding carboxylic acids is 1. The fourth-order valence-electron chi connectivity index (χ4n) is 4.54. The zero-order chi connectivity index (χ0) is 22.4. The normalized spacial score (nSPS) is 17.8. The van der Waals surface area contributed by atoms with Crippen LogP contribution >= 0.6 is 11.8 Å². The second-order valence-corrected chi connectivity index (χ2v) is 9.12. The minimum Gasteiger partial charge on any atom is -0.377 e. The number of amides is 1. The van der Waals surface area contributed by atoms with Crippen LogP contribution in [0.4, 0.5) is 11.5 Å². The first-order chi connectivity index (χ1) is 16.2. The Hall–Kier alpha value is -3.36. The van der Waals surface area contributed by atoms with Crippen molar-refractivity contribution >= 4 is 40.1 Å². The fourth-order valence-corrected chi connectivity index (χ4v) is 4.94. The van der Waals surface area contributed by atoms with E-state index in [1.807, 2.05) is 24.4 Å². The molecule has 1 saturated heterocycles. The topological polar surface area (TPSA) is 74.3 Å². The van der Waals surface area contributed by atoms with Crippen molar-refractivity contribution in [3.8, 4) is 11.4 Å². The Morgan fingerprint density at radius 2 is 2.06 bits per heavy atom. The van der Waals surface area contributed by atoms with Gasteiger partial charge in [0.15, 0.2) is 11.6 Å². The van der Waals surface area contributed by atoms with Crippen LogP contribution in [0.1, 0.15) is 5.56 Å². The molecule has 0 spiro atoms. The van der Waals surface area contributed by atoms with Crippen molar-refractivity contribution in [2.75, 3.05) is 35.8 Å². The lowest BCUT2D eigenvalue weighted by Gasteiger charge is -2.43. The molecule has 0 radical (unpaired) electrons. The van der Waals surface area contributed by atoms with Crippen molar-refractivity contribution in [3.63, 3.8) is 0 Å². The van der Waals surface area contributed by atoms with Crippen LogP contribution in [0.3, 0.4) is 0 Å². The molecular formula is C25H23N5O2S. The third-order valence-corrected chi connectivity index (χ3v) is 7.05. The molecular weight excluding hydrogens is 434 g/mol. The molecule has 2 aromatic carbocycles. The fraction of sp³-hybridized carbons (Fsp3) is 0.240. The van der Waals surface area contributed by atoms with Crippen LogP contribution in [0.2, 0.25) is 0 Å². The molecule has 1 atom stereocenters. The molecule has 8 heteroatoms. The van der Waals surface area contributed by atoms with Crippen LogP contribution in [0.5, 0.6) is 0 Å². The molecule has 6 rings (SSSR count). The molecule has 4 heterocycles. The standard InChI is InChI=1S/C25H23N5O2S/c1-33-19-5-2-16(3-6-19)14-30-21-13-27-23(18-4-7-20-17(12-18)8-9-26-20)28-24(21)29-10-11-32-15-22(29)25(30)31/h2-9,12-13,22,26H,10-11,14-15H2,1H3. The summed E-state index contributed by atoms with van der Waals surface area (Å²) in [6, 6.07) is 16.1. The van der Waals surface area contributed by atoms with Crippen LogP contribution in [-0.2, 0) is 16.1 Å². The lowest BCUT2D eigenvalue weighted by Crippen LogP contribution is -2.58. The molecule has 2 aliphatic rings. The monoisotopic (exact) mass is 457 g/mol. The van der Waals surface area contributed by atoms with E-state index in [2.05, 4.69) is 51.5 Å². The maximum atomic E-state index is 13.5. The number of thioether (sulfide) groups is 1. The Bertz CT molecular complexity index is 1340. The highest BCUT2D eigenvalue weighted by atomic mass is 32.2. The van der Waals surface area contributed by atoms with Crippen LogP contribution in [0.25, 0.3) is 22.3 Å². The molecule has 1 unspecified atom stereocenters. The molecule has 1 fully saturated rings. The zero-order valence-corrected chi connectivity index (χ0v) is 19.0. The average Bonchev–Trinajstić information content (AvgIpc) is 3.35. The predicted octanol–water partition coefficient (Wildman–Crippen LogP) is 4.10. The molecule has 0 saturated carbocycles. The van der Waals surface area contributed by atoms with Gasteiger partial charge >= 0.3 is 0 Å². The number of hydrogen-bond donors (Lipinski definition) is 1. The van der Waals surface area contributed by atoms with E-state index in [9.17, 15) is 4.79 Å². The molecule has 2 aromatic heterocycles. The summed E-state index contributed by atoms with van der Waals surface area (Å²) in [5.74, 6) is 1.48. The quantitative estimate of drug-likeness (QED) is 0.465. The maximum absolute atomic E-state index is 13.5. The number of benzene rings is 2. The summed E-state index contributed by atoms with van der Waals surface area (Å²) in [6.45, 7) is 2.05. The summed E-state index contributed by atoms with van der Waals surface area (Å²) in [4.78, 5) is 31.4. The Morgan fingerprint density at radius 3 is 2.91 bits per heavy atom. The van der Waals surface area contributed by atoms with E-state index in [1.165, 1.54) is 4.90 Å². The highest BCUT2D eigenvalue weighted by Gasteiger charge is 2.41. The summed E-state index contributed by atoms with van der Waals surface area (Å²) in [7, 11) is 0. The Kier molecular flexibility index (Phi) is 5.04. The number of fused-ring (bicyclic) bond motifs is 4. The number of aromatic amines is 1. The SMILES string of the molecule is CSc1ccc(CN2C(=O)C3COCCN3c3nc(-c4ccc5[nH]ccc5c4)ncc32)cc1. The van der Waals surface area contributed by atoms with Crippen LogP contribution in [0.15, 0.2) is 65.8 Å². The van der Waals surface area contributed by atoms with E-state index >= 15 is 0 Å². The lowest BCUT2D eigenvalue weighted by molar-refractivity contribution is -0.122. The van der Waals surface area contributed by atoms with Gasteiger partial charge in [0.05, 0.1) is 26.0 Å². The van der Waals surface area contributed by atoms with Crippen molar-refractivity contribution in [1.82, 2.24) is 15.0 Å². The Morgan fingerprint density at radius 1 is 1.18 bits per heavy atom. The minimum absolute atomic E-state index is 0.0289. The number of nitrogens with one attached hydrogen (secondary N) is 1. The van der Waals surface area contributed by atoms with Crippen molar-refractivity contribution in [2.45, 2.75) is 17.5 Å². The highest BCUT2D eigenvalue weighted by molar-refractivity contribution is 7.98. The van der Waals surface area contributed by atoms with Gasteiger partial charge in [0.2, 0.25) is 0 Å². The van der Waals surface area contributed by atoms with E-state index < -0.39 is 0 Å².